The number of hydrogen-bond acceptors (Lipinski definition) is 3. The van der Waals surface area contributed by atoms with E-state index in [0.29, 0.717) is 17.3 Å². The van der Waals surface area contributed by atoms with E-state index in [-0.39, 0.29) is 6.61 Å². The van der Waals surface area contributed by atoms with E-state index in [9.17, 15) is 0 Å². The van der Waals surface area contributed by atoms with Crippen LogP contribution in [0.15, 0.2) is 30.3 Å². The second kappa shape index (κ2) is 5.38. The molecule has 0 amide bonds. The Hall–Kier alpha value is -1.58. The van der Waals surface area contributed by atoms with E-state index in [4.69, 9.17) is 21.4 Å². The molecule has 0 aliphatic heterocycles. The van der Waals surface area contributed by atoms with E-state index in [0.717, 1.165) is 16.1 Å². The topological polar surface area (TPSA) is 42.4 Å². The predicted molar refractivity (Wildman–Crippen MR) is 71.2 cm³/mol. The highest BCUT2D eigenvalue weighted by Gasteiger charge is 2.05. The van der Waals surface area contributed by atoms with Crippen LogP contribution < -0.4 is 4.74 Å². The Morgan fingerprint density at radius 1 is 1.22 bits per heavy atom. The molecule has 0 radical (unpaired) electrons. The van der Waals surface area contributed by atoms with E-state index in [1.54, 1.807) is 18.2 Å². The number of aryl methyl sites for hydroxylation is 2. The van der Waals surface area contributed by atoms with Gasteiger partial charge in [0.15, 0.2) is 0 Å². The van der Waals surface area contributed by atoms with E-state index in [1.807, 2.05) is 26.0 Å². The molecule has 0 unspecified atom stereocenters. The molecule has 1 heterocycles. The molecule has 4 heteroatoms. The highest BCUT2D eigenvalue weighted by atomic mass is 35.5. The van der Waals surface area contributed by atoms with Crippen LogP contribution in [0.25, 0.3) is 0 Å². The van der Waals surface area contributed by atoms with Crippen LogP contribution in [0.3, 0.4) is 0 Å². The fourth-order valence-corrected chi connectivity index (χ4v) is 1.80. The van der Waals surface area contributed by atoms with Gasteiger partial charge in [-0.25, -0.2) is 4.98 Å². The maximum absolute atomic E-state index is 9.02. The average molecular weight is 264 g/mol. The van der Waals surface area contributed by atoms with Gasteiger partial charge in [0.1, 0.15) is 5.75 Å². The number of pyridine rings is 1. The molecule has 0 aliphatic rings. The lowest BCUT2D eigenvalue weighted by Crippen LogP contribution is -1.94. The highest BCUT2D eigenvalue weighted by molar-refractivity contribution is 6.32. The van der Waals surface area contributed by atoms with Gasteiger partial charge < -0.3 is 9.84 Å². The Labute approximate surface area is 111 Å². The minimum Gasteiger partial charge on any atom is -0.439 e. The average Bonchev–Trinajstić information content (AvgIpc) is 2.36. The van der Waals surface area contributed by atoms with Crippen molar-refractivity contribution in [2.24, 2.45) is 0 Å². The van der Waals surface area contributed by atoms with Crippen LogP contribution in [0.1, 0.15) is 16.8 Å². The van der Waals surface area contributed by atoms with Crippen molar-refractivity contribution in [1.29, 1.82) is 0 Å². The van der Waals surface area contributed by atoms with Gasteiger partial charge in [-0.05, 0) is 43.2 Å². The minimum atomic E-state index is -0.101. The maximum atomic E-state index is 9.02. The second-order valence-electron chi connectivity index (χ2n) is 4.10. The molecule has 0 saturated heterocycles. The van der Waals surface area contributed by atoms with Crippen molar-refractivity contribution >= 4 is 11.6 Å². The van der Waals surface area contributed by atoms with Crippen LogP contribution in [0.2, 0.25) is 5.02 Å². The summed E-state index contributed by atoms with van der Waals surface area (Å²) in [7, 11) is 0. The van der Waals surface area contributed by atoms with Gasteiger partial charge in [0, 0.05) is 11.1 Å². The first-order chi connectivity index (χ1) is 8.60. The summed E-state index contributed by atoms with van der Waals surface area (Å²) in [5.41, 5.74) is 2.50. The number of aliphatic hydroxyl groups is 1. The van der Waals surface area contributed by atoms with Gasteiger partial charge in [0.25, 0.3) is 0 Å². The summed E-state index contributed by atoms with van der Waals surface area (Å²) in [4.78, 5) is 4.16. The largest absolute Gasteiger partial charge is 0.439 e. The van der Waals surface area contributed by atoms with Gasteiger partial charge in [-0.1, -0.05) is 17.7 Å². The van der Waals surface area contributed by atoms with Crippen LogP contribution in [0.5, 0.6) is 11.6 Å². The van der Waals surface area contributed by atoms with Gasteiger partial charge in [-0.15, -0.1) is 0 Å². The van der Waals surface area contributed by atoms with E-state index in [1.165, 1.54) is 0 Å². The summed E-state index contributed by atoms with van der Waals surface area (Å²) in [6, 6.07) is 9.01. The zero-order chi connectivity index (χ0) is 13.1. The molecule has 94 valence electrons. The highest BCUT2D eigenvalue weighted by Crippen LogP contribution is 2.28. The number of hydrogen-bond donors (Lipinski definition) is 1. The molecule has 1 aromatic carbocycles. The van der Waals surface area contributed by atoms with Crippen molar-refractivity contribution in [3.63, 3.8) is 0 Å². The Kier molecular flexibility index (Phi) is 3.84. The zero-order valence-corrected chi connectivity index (χ0v) is 11.0. The molecule has 0 aliphatic carbocycles. The second-order valence-corrected chi connectivity index (χ2v) is 4.48. The van der Waals surface area contributed by atoms with Crippen molar-refractivity contribution in [3.8, 4) is 11.6 Å². The molecule has 1 aromatic heterocycles. The minimum absolute atomic E-state index is 0.101. The standard InChI is InChI=1S/C14H14ClNO2/c1-9-6-12(7-10(2)14(9)15)18-13-5-3-4-11(8-17)16-13/h3-7,17H,8H2,1-2H3. The Bertz CT molecular complexity index is 546. The molecule has 0 saturated carbocycles. The number of ether oxygens (including phenoxy) is 1. The van der Waals surface area contributed by atoms with Gasteiger partial charge in [0.05, 0.1) is 12.3 Å². The first kappa shape index (κ1) is 12.9. The monoisotopic (exact) mass is 263 g/mol. The lowest BCUT2D eigenvalue weighted by Gasteiger charge is -2.09. The van der Waals surface area contributed by atoms with Gasteiger partial charge in [-0.3, -0.25) is 0 Å². The molecule has 1 N–H and O–H groups in total. The smallest absolute Gasteiger partial charge is 0.219 e. The van der Waals surface area contributed by atoms with Gasteiger partial charge in [-0.2, -0.15) is 0 Å². The summed E-state index contributed by atoms with van der Waals surface area (Å²) >= 11 is 6.10. The number of nitrogens with zero attached hydrogens (tertiary/aromatic N) is 1. The molecule has 3 nitrogen and oxygen atoms in total. The molecule has 2 aromatic rings. The molecule has 2 rings (SSSR count). The number of halogens is 1. The fraction of sp³-hybridized carbons (Fsp3) is 0.214. The normalized spacial score (nSPS) is 10.4. The van der Waals surface area contributed by atoms with Gasteiger partial charge in [0.2, 0.25) is 5.88 Å². The van der Waals surface area contributed by atoms with Gasteiger partial charge >= 0.3 is 0 Å². The first-order valence-electron chi connectivity index (χ1n) is 5.61. The lowest BCUT2D eigenvalue weighted by atomic mass is 10.1. The molecule has 18 heavy (non-hydrogen) atoms. The summed E-state index contributed by atoms with van der Waals surface area (Å²) < 4.78 is 5.66. The Morgan fingerprint density at radius 2 is 1.89 bits per heavy atom. The molecule has 0 bridgehead atoms. The number of benzene rings is 1. The summed E-state index contributed by atoms with van der Waals surface area (Å²) in [5, 5.41) is 9.77. The van der Waals surface area contributed by atoms with E-state index in [2.05, 4.69) is 4.98 Å². The molecule has 0 atom stereocenters. The SMILES string of the molecule is Cc1cc(Oc2cccc(CO)n2)cc(C)c1Cl. The lowest BCUT2D eigenvalue weighted by molar-refractivity contribution is 0.275. The summed E-state index contributed by atoms with van der Waals surface area (Å²) in [5.74, 6) is 1.15. The number of aliphatic hydroxyl groups excluding tert-OH is 1. The molecule has 0 spiro atoms. The van der Waals surface area contributed by atoms with Crippen LogP contribution in [0.4, 0.5) is 0 Å². The fourth-order valence-electron chi connectivity index (χ4n) is 1.69. The van der Waals surface area contributed by atoms with Crippen molar-refractivity contribution in [2.75, 3.05) is 0 Å². The third-order valence-corrected chi connectivity index (χ3v) is 3.17. The van der Waals surface area contributed by atoms with Crippen LogP contribution in [-0.2, 0) is 6.61 Å². The van der Waals surface area contributed by atoms with E-state index < -0.39 is 0 Å². The first-order valence-corrected chi connectivity index (χ1v) is 5.99. The zero-order valence-electron chi connectivity index (χ0n) is 10.3. The Balaban J connectivity index is 2.28. The molecule has 0 fully saturated rings. The quantitative estimate of drug-likeness (QED) is 0.919. The van der Waals surface area contributed by atoms with Crippen LogP contribution in [0, 0.1) is 13.8 Å². The van der Waals surface area contributed by atoms with Crippen LogP contribution >= 0.6 is 11.6 Å². The van der Waals surface area contributed by atoms with Crippen molar-refractivity contribution in [2.45, 2.75) is 20.5 Å². The maximum Gasteiger partial charge on any atom is 0.219 e. The van der Waals surface area contributed by atoms with Crippen molar-refractivity contribution in [3.05, 3.63) is 52.2 Å². The van der Waals surface area contributed by atoms with E-state index >= 15 is 0 Å². The number of aromatic nitrogens is 1. The molecular formula is C14H14ClNO2. The number of rotatable bonds is 3. The van der Waals surface area contributed by atoms with Crippen LogP contribution in [-0.4, -0.2) is 10.1 Å². The predicted octanol–water partition coefficient (Wildman–Crippen LogP) is 3.64. The third kappa shape index (κ3) is 2.81. The van der Waals surface area contributed by atoms with Crippen molar-refractivity contribution < 1.29 is 9.84 Å². The summed E-state index contributed by atoms with van der Waals surface area (Å²) in [6.07, 6.45) is 0. The van der Waals surface area contributed by atoms with Crippen molar-refractivity contribution in [1.82, 2.24) is 4.98 Å². The Morgan fingerprint density at radius 3 is 2.50 bits per heavy atom. The summed E-state index contributed by atoms with van der Waals surface area (Å²) in [6.45, 7) is 3.76. The molecular weight excluding hydrogens is 250 g/mol. The third-order valence-electron chi connectivity index (χ3n) is 2.58.